The highest BCUT2D eigenvalue weighted by molar-refractivity contribution is 5.73. The van der Waals surface area contributed by atoms with Crippen LogP contribution < -0.4 is 4.74 Å². The molecule has 1 aromatic rings. The average molecular weight is 547 g/mol. The molecule has 2 N–H and O–H groups in total. The summed E-state index contributed by atoms with van der Waals surface area (Å²) in [6, 6.07) is 8.48. The van der Waals surface area contributed by atoms with Crippen LogP contribution in [-0.2, 0) is 20.9 Å². The molecule has 2 saturated heterocycles. The second kappa shape index (κ2) is 13.8. The molecule has 1 aromatic carbocycles. The van der Waals surface area contributed by atoms with Gasteiger partial charge in [-0.25, -0.2) is 9.59 Å². The van der Waals surface area contributed by atoms with E-state index in [0.29, 0.717) is 11.3 Å². The predicted octanol–water partition coefficient (Wildman–Crippen LogP) is 3.75. The van der Waals surface area contributed by atoms with Crippen molar-refractivity contribution >= 4 is 11.9 Å². The number of carboxylic acid groups (broad SMARTS) is 2. The first kappa shape index (κ1) is 32.4. The minimum absolute atomic E-state index is 0.473. The zero-order valence-electron chi connectivity index (χ0n) is 20.7. The van der Waals surface area contributed by atoms with E-state index in [0.717, 1.165) is 18.9 Å². The number of carboxylic acids is 2. The second-order valence-corrected chi connectivity index (χ2v) is 8.94. The van der Waals surface area contributed by atoms with Gasteiger partial charge in [-0.1, -0.05) is 12.1 Å². The van der Waals surface area contributed by atoms with Crippen LogP contribution in [0.15, 0.2) is 24.3 Å². The zero-order valence-corrected chi connectivity index (χ0v) is 20.7. The summed E-state index contributed by atoms with van der Waals surface area (Å²) in [5, 5.41) is 14.2. The highest BCUT2D eigenvalue weighted by Crippen LogP contribution is 2.44. The number of likely N-dealkylation sites (tertiary alicyclic amines) is 2. The van der Waals surface area contributed by atoms with Gasteiger partial charge in [-0.15, -0.1) is 0 Å². The van der Waals surface area contributed by atoms with Crippen LogP contribution in [0.5, 0.6) is 5.75 Å². The van der Waals surface area contributed by atoms with E-state index < -0.39 is 24.3 Å². The number of alkyl halides is 6. The Morgan fingerprint density at radius 1 is 0.973 bits per heavy atom. The third kappa shape index (κ3) is 10.7. The minimum Gasteiger partial charge on any atom is -0.497 e. The van der Waals surface area contributed by atoms with E-state index in [9.17, 15) is 26.3 Å². The van der Waals surface area contributed by atoms with Gasteiger partial charge in [0.2, 0.25) is 0 Å². The summed E-state index contributed by atoms with van der Waals surface area (Å²) in [6.07, 6.45) is -7.58. The Hall–Kier alpha value is -2.58. The van der Waals surface area contributed by atoms with E-state index in [1.165, 1.54) is 44.6 Å². The lowest BCUT2D eigenvalue weighted by Crippen LogP contribution is -2.44. The van der Waals surface area contributed by atoms with Crippen LogP contribution >= 0.6 is 0 Å². The van der Waals surface area contributed by atoms with E-state index in [2.05, 4.69) is 41.1 Å². The maximum Gasteiger partial charge on any atom is 0.490 e. The Labute approximate surface area is 210 Å². The molecule has 2 heterocycles. The molecule has 2 fully saturated rings. The Morgan fingerprint density at radius 3 is 1.81 bits per heavy atom. The number of hydrogen-bond donors (Lipinski definition) is 2. The summed E-state index contributed by atoms with van der Waals surface area (Å²) < 4.78 is 74.2. The van der Waals surface area contributed by atoms with Gasteiger partial charge in [0.25, 0.3) is 0 Å². The first-order valence-corrected chi connectivity index (χ1v) is 11.2. The van der Waals surface area contributed by atoms with Crippen LogP contribution in [0.3, 0.4) is 0 Å². The van der Waals surface area contributed by atoms with Gasteiger partial charge in [-0.05, 0) is 56.1 Å². The molecular formula is C23H32F6N2O6. The quantitative estimate of drug-likeness (QED) is 0.539. The van der Waals surface area contributed by atoms with E-state index in [1.54, 1.807) is 7.11 Å². The van der Waals surface area contributed by atoms with Crippen molar-refractivity contribution in [3.63, 3.8) is 0 Å². The SMILES string of the molecule is COCC1CN(C)CC12CCN(Cc1ccc(OC)cc1)CC2.O=C(O)C(F)(F)F.O=C(O)C(F)(F)F. The Morgan fingerprint density at radius 2 is 1.43 bits per heavy atom. The van der Waals surface area contributed by atoms with E-state index in [-0.39, 0.29) is 0 Å². The molecule has 8 nitrogen and oxygen atoms in total. The van der Waals surface area contributed by atoms with E-state index in [4.69, 9.17) is 29.3 Å². The van der Waals surface area contributed by atoms with Crippen molar-refractivity contribution in [2.45, 2.75) is 31.7 Å². The van der Waals surface area contributed by atoms with Gasteiger partial charge in [0.05, 0.1) is 13.7 Å². The molecule has 1 atom stereocenters. The van der Waals surface area contributed by atoms with Gasteiger partial charge in [0, 0.05) is 32.7 Å². The van der Waals surface area contributed by atoms with Gasteiger partial charge in [-0.2, -0.15) is 26.3 Å². The third-order valence-corrected chi connectivity index (χ3v) is 6.25. The number of piperidine rings is 1. The highest BCUT2D eigenvalue weighted by atomic mass is 19.4. The molecular weight excluding hydrogens is 514 g/mol. The van der Waals surface area contributed by atoms with Crippen molar-refractivity contribution in [3.8, 4) is 5.75 Å². The number of nitrogens with zero attached hydrogens (tertiary/aromatic N) is 2. The number of hydrogen-bond acceptors (Lipinski definition) is 6. The lowest BCUT2D eigenvalue weighted by Gasteiger charge is -2.42. The molecule has 0 radical (unpaired) electrons. The van der Waals surface area contributed by atoms with Crippen LogP contribution in [0, 0.1) is 11.3 Å². The van der Waals surface area contributed by atoms with Gasteiger partial charge in [0.1, 0.15) is 5.75 Å². The predicted molar refractivity (Wildman–Crippen MR) is 120 cm³/mol. The van der Waals surface area contributed by atoms with Crippen molar-refractivity contribution in [3.05, 3.63) is 29.8 Å². The van der Waals surface area contributed by atoms with Crippen LogP contribution in [0.25, 0.3) is 0 Å². The molecule has 37 heavy (non-hydrogen) atoms. The lowest BCUT2D eigenvalue weighted by molar-refractivity contribution is -0.193. The number of rotatable bonds is 5. The van der Waals surface area contributed by atoms with Crippen molar-refractivity contribution < 1.29 is 55.6 Å². The molecule has 0 bridgehead atoms. The number of halogens is 6. The topological polar surface area (TPSA) is 99.5 Å². The summed E-state index contributed by atoms with van der Waals surface area (Å²) in [4.78, 5) is 22.9. The van der Waals surface area contributed by atoms with Gasteiger partial charge < -0.3 is 24.6 Å². The smallest absolute Gasteiger partial charge is 0.490 e. The average Bonchev–Trinajstić information content (AvgIpc) is 3.10. The summed E-state index contributed by atoms with van der Waals surface area (Å²) in [7, 11) is 5.81. The maximum absolute atomic E-state index is 10.6. The molecule has 3 rings (SSSR count). The van der Waals surface area contributed by atoms with Crippen LogP contribution in [-0.4, -0.2) is 98.4 Å². The van der Waals surface area contributed by atoms with Gasteiger partial charge in [-0.3, -0.25) is 4.90 Å². The largest absolute Gasteiger partial charge is 0.497 e. The fourth-order valence-corrected chi connectivity index (χ4v) is 4.44. The molecule has 1 spiro atoms. The number of aliphatic carboxylic acids is 2. The maximum atomic E-state index is 10.6. The van der Waals surface area contributed by atoms with Crippen molar-refractivity contribution in [2.24, 2.45) is 11.3 Å². The Balaban J connectivity index is 0.000000404. The molecule has 0 saturated carbocycles. The van der Waals surface area contributed by atoms with Crippen LogP contribution in [0.2, 0.25) is 0 Å². The zero-order chi connectivity index (χ0) is 28.4. The van der Waals surface area contributed by atoms with Crippen LogP contribution in [0.1, 0.15) is 18.4 Å². The molecule has 0 aromatic heterocycles. The van der Waals surface area contributed by atoms with Crippen molar-refractivity contribution in [1.82, 2.24) is 9.80 Å². The first-order chi connectivity index (χ1) is 17.0. The normalized spacial score (nSPS) is 19.9. The lowest BCUT2D eigenvalue weighted by atomic mass is 9.71. The molecule has 2 aliphatic heterocycles. The summed E-state index contributed by atoms with van der Waals surface area (Å²) in [5.41, 5.74) is 1.85. The van der Waals surface area contributed by atoms with Gasteiger partial charge in [0.15, 0.2) is 0 Å². The van der Waals surface area contributed by atoms with E-state index in [1.807, 2.05) is 7.11 Å². The minimum atomic E-state index is -5.08. The molecule has 14 heteroatoms. The summed E-state index contributed by atoms with van der Waals surface area (Å²) >= 11 is 0. The number of methoxy groups -OCH3 is 2. The summed E-state index contributed by atoms with van der Waals surface area (Å²) in [5.74, 6) is -3.89. The molecule has 2 aliphatic rings. The first-order valence-electron chi connectivity index (χ1n) is 11.2. The summed E-state index contributed by atoms with van der Waals surface area (Å²) in [6.45, 7) is 6.76. The van der Waals surface area contributed by atoms with Crippen molar-refractivity contribution in [2.75, 3.05) is 54.1 Å². The van der Waals surface area contributed by atoms with Crippen molar-refractivity contribution in [1.29, 1.82) is 0 Å². The van der Waals surface area contributed by atoms with Crippen LogP contribution in [0.4, 0.5) is 26.3 Å². The number of ether oxygens (including phenoxy) is 2. The Bertz CT molecular complexity index is 831. The van der Waals surface area contributed by atoms with E-state index >= 15 is 0 Å². The second-order valence-electron chi connectivity index (χ2n) is 8.94. The number of carbonyl (C=O) groups is 2. The standard InChI is InChI=1S/C19H30N2O2.2C2HF3O2/c1-20-13-17(14-22-2)19(15-20)8-10-21(11-9-19)12-16-4-6-18(23-3)7-5-16;2*3-2(4,5)1(6)7/h4-7,17H,8-15H2,1-3H3;2*(H,6,7). The fourth-order valence-electron chi connectivity index (χ4n) is 4.44. The molecule has 1 unspecified atom stereocenters. The fraction of sp³-hybridized carbons (Fsp3) is 0.652. The highest BCUT2D eigenvalue weighted by Gasteiger charge is 2.46. The molecule has 0 amide bonds. The molecule has 0 aliphatic carbocycles. The monoisotopic (exact) mass is 546 g/mol. The number of benzene rings is 1. The molecule has 212 valence electrons. The Kier molecular flexibility index (Phi) is 12.1. The third-order valence-electron chi connectivity index (χ3n) is 6.25. The van der Waals surface area contributed by atoms with Gasteiger partial charge >= 0.3 is 24.3 Å².